The molecule has 7 nitrogen and oxygen atoms in total. The summed E-state index contributed by atoms with van der Waals surface area (Å²) < 4.78 is 49.2. The van der Waals surface area contributed by atoms with E-state index in [1.54, 1.807) is 18.2 Å². The van der Waals surface area contributed by atoms with Crippen LogP contribution in [0, 0.1) is 0 Å². The zero-order valence-corrected chi connectivity index (χ0v) is 17.3. The van der Waals surface area contributed by atoms with Crippen LogP contribution < -0.4 is 15.7 Å². The Morgan fingerprint density at radius 3 is 2.56 bits per heavy atom. The summed E-state index contributed by atoms with van der Waals surface area (Å²) in [6, 6.07) is 10.5. The predicted octanol–water partition coefficient (Wildman–Crippen LogP) is 3.94. The van der Waals surface area contributed by atoms with Crippen LogP contribution in [-0.4, -0.2) is 36.9 Å². The number of carbonyl (C=O) groups excluding carboxylic acids is 2. The number of nitrogens with zero attached hydrogens (tertiary/aromatic N) is 1. The van der Waals surface area contributed by atoms with E-state index >= 15 is 0 Å². The number of hydrogen-bond acceptors (Lipinski definition) is 5. The summed E-state index contributed by atoms with van der Waals surface area (Å²) >= 11 is 5.55. The van der Waals surface area contributed by atoms with Crippen molar-refractivity contribution >= 4 is 40.1 Å². The number of fused-ring (bicyclic) bond motifs is 1. The first-order chi connectivity index (χ1) is 15.0. The Bertz CT molecular complexity index is 1230. The highest BCUT2D eigenvalue weighted by molar-refractivity contribution is 6.31. The summed E-state index contributed by atoms with van der Waals surface area (Å²) in [5.41, 5.74) is -1.43. The standard InChI is InChI=1S/C21H16ClF3N2O5/c1-27(10-18(28)26-13-4-6-16(22)15(8-13)21(23,24)25)19(29)11-31-14-5-2-12-3-7-20(30)32-17(12)9-14/h2-9H,10-11H2,1H3,(H,26,28). The molecule has 2 aromatic carbocycles. The van der Waals surface area contributed by atoms with E-state index in [-0.39, 0.29) is 17.0 Å². The van der Waals surface area contributed by atoms with E-state index in [4.69, 9.17) is 20.8 Å². The normalized spacial score (nSPS) is 11.3. The van der Waals surface area contributed by atoms with E-state index in [0.29, 0.717) is 11.5 Å². The average Bonchev–Trinajstić information content (AvgIpc) is 2.72. The van der Waals surface area contributed by atoms with Crippen molar-refractivity contribution in [2.75, 3.05) is 25.5 Å². The maximum atomic E-state index is 12.9. The van der Waals surface area contributed by atoms with Gasteiger partial charge in [0.15, 0.2) is 6.61 Å². The van der Waals surface area contributed by atoms with Crippen molar-refractivity contribution in [2.45, 2.75) is 6.18 Å². The minimum Gasteiger partial charge on any atom is -0.484 e. The smallest absolute Gasteiger partial charge is 0.417 e. The van der Waals surface area contributed by atoms with Gasteiger partial charge < -0.3 is 19.4 Å². The van der Waals surface area contributed by atoms with Gasteiger partial charge in [-0.1, -0.05) is 11.6 Å². The summed E-state index contributed by atoms with van der Waals surface area (Å²) in [7, 11) is 1.34. The third kappa shape index (κ3) is 5.79. The van der Waals surface area contributed by atoms with Crippen LogP contribution >= 0.6 is 11.6 Å². The van der Waals surface area contributed by atoms with Crippen LogP contribution in [0.2, 0.25) is 5.02 Å². The lowest BCUT2D eigenvalue weighted by atomic mass is 10.2. The zero-order valence-electron chi connectivity index (χ0n) is 16.5. The Balaban J connectivity index is 1.56. The van der Waals surface area contributed by atoms with E-state index < -0.39 is 47.4 Å². The van der Waals surface area contributed by atoms with Gasteiger partial charge in [-0.15, -0.1) is 0 Å². The number of likely N-dealkylation sites (N-methyl/N-ethyl adjacent to an activating group) is 1. The highest BCUT2D eigenvalue weighted by Crippen LogP contribution is 2.36. The maximum Gasteiger partial charge on any atom is 0.417 e. The molecule has 0 bridgehead atoms. The molecule has 3 aromatic rings. The van der Waals surface area contributed by atoms with E-state index in [1.165, 1.54) is 25.2 Å². The zero-order chi connectivity index (χ0) is 23.5. The van der Waals surface area contributed by atoms with Crippen LogP contribution in [-0.2, 0) is 15.8 Å². The van der Waals surface area contributed by atoms with Crippen LogP contribution in [0.25, 0.3) is 11.0 Å². The number of nitrogens with one attached hydrogen (secondary N) is 1. The van der Waals surface area contributed by atoms with Gasteiger partial charge in [0.25, 0.3) is 5.91 Å². The number of carbonyl (C=O) groups is 2. The third-order valence-electron chi connectivity index (χ3n) is 4.32. The second-order valence-corrected chi connectivity index (χ2v) is 7.14. The Kier molecular flexibility index (Phi) is 6.73. The monoisotopic (exact) mass is 468 g/mol. The first-order valence-corrected chi connectivity index (χ1v) is 9.48. The SMILES string of the molecule is CN(CC(=O)Nc1ccc(Cl)c(C(F)(F)F)c1)C(=O)COc1ccc2ccc(=O)oc2c1. The molecule has 0 saturated carbocycles. The van der Waals surface area contributed by atoms with Crippen molar-refractivity contribution in [3.63, 3.8) is 0 Å². The Morgan fingerprint density at radius 1 is 1.12 bits per heavy atom. The predicted molar refractivity (Wildman–Crippen MR) is 111 cm³/mol. The molecule has 0 saturated heterocycles. The summed E-state index contributed by atoms with van der Waals surface area (Å²) in [6.45, 7) is -0.829. The highest BCUT2D eigenvalue weighted by Gasteiger charge is 2.33. The molecule has 1 aromatic heterocycles. The molecule has 0 atom stereocenters. The van der Waals surface area contributed by atoms with E-state index in [0.717, 1.165) is 11.0 Å². The van der Waals surface area contributed by atoms with Crippen LogP contribution in [0.15, 0.2) is 57.7 Å². The van der Waals surface area contributed by atoms with Gasteiger partial charge in [-0.2, -0.15) is 13.2 Å². The van der Waals surface area contributed by atoms with Crippen molar-refractivity contribution in [1.29, 1.82) is 0 Å². The van der Waals surface area contributed by atoms with Gasteiger partial charge in [0, 0.05) is 30.3 Å². The fraction of sp³-hybridized carbons (Fsp3) is 0.190. The molecular weight excluding hydrogens is 453 g/mol. The summed E-state index contributed by atoms with van der Waals surface area (Å²) in [6.07, 6.45) is -4.67. The number of halogens is 4. The van der Waals surface area contributed by atoms with Crippen LogP contribution in [0.4, 0.5) is 18.9 Å². The fourth-order valence-electron chi connectivity index (χ4n) is 2.71. The molecule has 2 amide bonds. The number of anilines is 1. The first-order valence-electron chi connectivity index (χ1n) is 9.10. The third-order valence-corrected chi connectivity index (χ3v) is 4.65. The van der Waals surface area contributed by atoms with Crippen LogP contribution in [0.1, 0.15) is 5.56 Å². The van der Waals surface area contributed by atoms with Crippen molar-refractivity contribution in [3.05, 3.63) is 69.5 Å². The molecule has 32 heavy (non-hydrogen) atoms. The molecule has 0 aliphatic rings. The molecule has 11 heteroatoms. The molecule has 0 spiro atoms. The number of amides is 2. The largest absolute Gasteiger partial charge is 0.484 e. The molecular formula is C21H16ClF3N2O5. The van der Waals surface area contributed by atoms with Gasteiger partial charge in [-0.25, -0.2) is 4.79 Å². The molecule has 1 heterocycles. The topological polar surface area (TPSA) is 88.9 Å². The number of ether oxygens (including phenoxy) is 1. The Labute approximate surface area is 184 Å². The molecule has 0 aliphatic heterocycles. The molecule has 168 valence electrons. The maximum absolute atomic E-state index is 12.9. The van der Waals surface area contributed by atoms with Crippen molar-refractivity contribution in [2.24, 2.45) is 0 Å². The minimum atomic E-state index is -4.67. The van der Waals surface area contributed by atoms with Gasteiger partial charge in [0.1, 0.15) is 11.3 Å². The van der Waals surface area contributed by atoms with Gasteiger partial charge in [-0.05, 0) is 36.4 Å². The number of benzene rings is 2. The number of rotatable bonds is 6. The van der Waals surface area contributed by atoms with Crippen LogP contribution in [0.5, 0.6) is 5.75 Å². The van der Waals surface area contributed by atoms with E-state index in [2.05, 4.69) is 5.32 Å². The molecule has 0 unspecified atom stereocenters. The van der Waals surface area contributed by atoms with Gasteiger partial charge in [0.2, 0.25) is 5.91 Å². The second-order valence-electron chi connectivity index (χ2n) is 6.73. The molecule has 1 N–H and O–H groups in total. The summed E-state index contributed by atoms with van der Waals surface area (Å²) in [4.78, 5) is 36.7. The highest BCUT2D eigenvalue weighted by atomic mass is 35.5. The minimum absolute atomic E-state index is 0.110. The second kappa shape index (κ2) is 9.31. The lowest BCUT2D eigenvalue weighted by Crippen LogP contribution is -2.37. The van der Waals surface area contributed by atoms with Gasteiger partial charge in [-0.3, -0.25) is 9.59 Å². The Morgan fingerprint density at radius 2 is 1.84 bits per heavy atom. The van der Waals surface area contributed by atoms with E-state index in [1.807, 2.05) is 0 Å². The van der Waals surface area contributed by atoms with Gasteiger partial charge in [0.05, 0.1) is 17.1 Å². The molecule has 3 rings (SSSR count). The van der Waals surface area contributed by atoms with Crippen molar-refractivity contribution in [3.8, 4) is 5.75 Å². The average molecular weight is 469 g/mol. The molecule has 0 radical (unpaired) electrons. The van der Waals surface area contributed by atoms with E-state index in [9.17, 15) is 27.6 Å². The number of hydrogen-bond donors (Lipinski definition) is 1. The Hall–Kier alpha value is -3.53. The number of alkyl halides is 3. The first kappa shape index (κ1) is 23.1. The summed E-state index contributed by atoms with van der Waals surface area (Å²) in [5.74, 6) is -0.982. The molecule has 0 fully saturated rings. The van der Waals surface area contributed by atoms with Crippen molar-refractivity contribution in [1.82, 2.24) is 4.90 Å². The molecule has 0 aliphatic carbocycles. The lowest BCUT2D eigenvalue weighted by Gasteiger charge is -2.18. The lowest BCUT2D eigenvalue weighted by molar-refractivity contribution is -0.137. The summed E-state index contributed by atoms with van der Waals surface area (Å²) in [5, 5.41) is 2.47. The quantitative estimate of drug-likeness (QED) is 0.553. The van der Waals surface area contributed by atoms with Gasteiger partial charge >= 0.3 is 11.8 Å². The van der Waals surface area contributed by atoms with Crippen LogP contribution in [0.3, 0.4) is 0 Å². The fourth-order valence-corrected chi connectivity index (χ4v) is 2.94. The van der Waals surface area contributed by atoms with Crippen molar-refractivity contribution < 1.29 is 31.9 Å².